The summed E-state index contributed by atoms with van der Waals surface area (Å²) in [5, 5.41) is 9.51. The Labute approximate surface area is 252 Å². The van der Waals surface area contributed by atoms with Crippen LogP contribution in [0.5, 0.6) is 5.75 Å². The fraction of sp³-hybridized carbons (Fsp3) is 0.286. The number of aliphatic hydroxyl groups excluding tert-OH is 1. The van der Waals surface area contributed by atoms with E-state index in [9.17, 15) is 18.0 Å². The van der Waals surface area contributed by atoms with E-state index < -0.39 is 30.3 Å². The minimum atomic E-state index is -4.57. The molecule has 1 amide bonds. The molecule has 0 unspecified atom stereocenters. The summed E-state index contributed by atoms with van der Waals surface area (Å²) in [5.74, 6) is -0.222. The fourth-order valence-electron chi connectivity index (χ4n) is 4.24. The van der Waals surface area contributed by atoms with Gasteiger partial charge in [0, 0.05) is 45.1 Å². The van der Waals surface area contributed by atoms with Gasteiger partial charge in [-0.05, 0) is 48.0 Å². The lowest BCUT2D eigenvalue weighted by atomic mass is 9.82. The maximum absolute atomic E-state index is 13.9. The van der Waals surface area contributed by atoms with Crippen molar-refractivity contribution in [3.63, 3.8) is 0 Å². The van der Waals surface area contributed by atoms with Gasteiger partial charge in [-0.1, -0.05) is 63.4 Å². The second kappa shape index (κ2) is 13.4. The number of carbonyl (C=O) groups is 1. The van der Waals surface area contributed by atoms with Crippen molar-refractivity contribution in [2.24, 2.45) is 4.99 Å². The topological polar surface area (TPSA) is 92.2 Å². The van der Waals surface area contributed by atoms with Crippen LogP contribution in [0.4, 0.5) is 13.2 Å². The van der Waals surface area contributed by atoms with Gasteiger partial charge < -0.3 is 14.6 Å². The van der Waals surface area contributed by atoms with E-state index in [2.05, 4.69) is 21.4 Å². The van der Waals surface area contributed by atoms with Gasteiger partial charge in [-0.2, -0.15) is 13.2 Å². The lowest BCUT2D eigenvalue weighted by Crippen LogP contribution is -2.55. The van der Waals surface area contributed by atoms with Crippen LogP contribution in [0.2, 0.25) is 10.0 Å². The molecule has 1 aliphatic rings. The first-order valence-electron chi connectivity index (χ1n) is 12.4. The monoisotopic (exact) mass is 673 g/mol. The van der Waals surface area contributed by atoms with Gasteiger partial charge in [0.25, 0.3) is 5.91 Å². The van der Waals surface area contributed by atoms with Crippen LogP contribution < -0.4 is 15.6 Å². The minimum absolute atomic E-state index is 0.00310. The van der Waals surface area contributed by atoms with E-state index in [-0.39, 0.29) is 23.9 Å². The number of aliphatic imine (C=N–C) groups is 1. The van der Waals surface area contributed by atoms with Crippen LogP contribution in [0.25, 0.3) is 0 Å². The number of aliphatic hydroxyl groups is 1. The largest absolute Gasteiger partial charge is 0.494 e. The lowest BCUT2D eigenvalue weighted by Gasteiger charge is -2.31. The molecular weight excluding hydrogens is 650 g/mol. The zero-order chi connectivity index (χ0) is 29.6. The molecule has 3 aromatic carbocycles. The van der Waals surface area contributed by atoms with Crippen molar-refractivity contribution < 1.29 is 32.5 Å². The third kappa shape index (κ3) is 7.72. The Morgan fingerprint density at radius 1 is 1.12 bits per heavy atom. The number of benzene rings is 3. The van der Waals surface area contributed by atoms with E-state index in [0.717, 1.165) is 0 Å². The highest BCUT2D eigenvalue weighted by atomic mass is 79.9. The van der Waals surface area contributed by atoms with Crippen LogP contribution in [0.15, 0.2) is 76.2 Å². The molecule has 0 spiro atoms. The van der Waals surface area contributed by atoms with Crippen LogP contribution in [0.1, 0.15) is 29.2 Å². The summed E-state index contributed by atoms with van der Waals surface area (Å²) < 4.78 is 51.3. The molecule has 3 aromatic rings. The number of nitrogens with one attached hydrogen (secondary N) is 2. The number of halogens is 6. The number of ether oxygens (including phenoxy) is 2. The molecule has 13 heteroatoms. The highest BCUT2D eigenvalue weighted by Crippen LogP contribution is 2.45. The SMILES string of the molecule is O=C(NNCC(F)(F)F)[C@@]1(Cc2ccccc2Br)N=C(c2ccc(OCCCO)cc2)O[C@H]1c1ccc(Cl)cc1Cl. The van der Waals surface area contributed by atoms with Crippen molar-refractivity contribution in [1.82, 2.24) is 10.9 Å². The van der Waals surface area contributed by atoms with Gasteiger partial charge >= 0.3 is 6.18 Å². The van der Waals surface area contributed by atoms with Crippen molar-refractivity contribution in [3.8, 4) is 5.75 Å². The Balaban J connectivity index is 1.80. The summed E-state index contributed by atoms with van der Waals surface area (Å²) >= 11 is 16.2. The third-order valence-corrected chi connectivity index (χ3v) is 7.52. The van der Waals surface area contributed by atoms with E-state index >= 15 is 0 Å². The summed E-state index contributed by atoms with van der Waals surface area (Å²) in [6, 6.07) is 18.5. The number of hydrazine groups is 1. The predicted octanol–water partition coefficient (Wildman–Crippen LogP) is 6.20. The fourth-order valence-corrected chi connectivity index (χ4v) is 5.17. The van der Waals surface area contributed by atoms with Crippen molar-refractivity contribution in [2.45, 2.75) is 30.7 Å². The highest BCUT2D eigenvalue weighted by molar-refractivity contribution is 9.10. The maximum Gasteiger partial charge on any atom is 0.402 e. The van der Waals surface area contributed by atoms with Gasteiger partial charge in [-0.15, -0.1) is 0 Å². The third-order valence-electron chi connectivity index (χ3n) is 6.18. The maximum atomic E-state index is 13.9. The Morgan fingerprint density at radius 3 is 2.51 bits per heavy atom. The lowest BCUT2D eigenvalue weighted by molar-refractivity contribution is -0.136. The molecule has 0 aliphatic carbocycles. The van der Waals surface area contributed by atoms with Crippen LogP contribution >= 0.6 is 39.1 Å². The first-order valence-corrected chi connectivity index (χ1v) is 14.0. The molecule has 4 rings (SSSR count). The molecule has 0 saturated carbocycles. The highest BCUT2D eigenvalue weighted by Gasteiger charge is 2.54. The molecule has 1 heterocycles. The minimum Gasteiger partial charge on any atom is -0.494 e. The van der Waals surface area contributed by atoms with Crippen molar-refractivity contribution in [2.75, 3.05) is 19.8 Å². The summed E-state index contributed by atoms with van der Waals surface area (Å²) in [6.45, 7) is -1.13. The molecule has 0 fully saturated rings. The van der Waals surface area contributed by atoms with Crippen molar-refractivity contribution >= 4 is 50.9 Å². The Hall–Kier alpha value is -2.83. The molecule has 218 valence electrons. The van der Waals surface area contributed by atoms with Gasteiger partial charge in [0.2, 0.25) is 5.90 Å². The Morgan fingerprint density at radius 2 is 1.85 bits per heavy atom. The predicted molar refractivity (Wildman–Crippen MR) is 153 cm³/mol. The quantitative estimate of drug-likeness (QED) is 0.167. The number of nitrogens with zero attached hydrogens (tertiary/aromatic N) is 1. The average Bonchev–Trinajstić information content (AvgIpc) is 3.30. The molecular formula is C28H25BrCl2F3N3O4. The number of alkyl halides is 3. The van der Waals surface area contributed by atoms with Crippen molar-refractivity contribution in [1.29, 1.82) is 0 Å². The Bertz CT molecular complexity index is 1410. The van der Waals surface area contributed by atoms with Crippen LogP contribution in [-0.2, 0) is 16.0 Å². The molecule has 0 bridgehead atoms. The number of hydrogen-bond acceptors (Lipinski definition) is 6. The molecule has 0 aromatic heterocycles. The zero-order valence-corrected chi connectivity index (χ0v) is 24.4. The normalized spacial score (nSPS) is 18.5. The van der Waals surface area contributed by atoms with Gasteiger partial charge in [-0.25, -0.2) is 10.4 Å². The van der Waals surface area contributed by atoms with Crippen LogP contribution in [0, 0.1) is 0 Å². The van der Waals surface area contributed by atoms with Gasteiger partial charge in [-0.3, -0.25) is 10.2 Å². The summed E-state index contributed by atoms with van der Waals surface area (Å²) in [4.78, 5) is 18.6. The number of hydrogen-bond donors (Lipinski definition) is 3. The average molecular weight is 675 g/mol. The number of carbonyl (C=O) groups excluding carboxylic acids is 1. The van der Waals surface area contributed by atoms with E-state index in [1.54, 1.807) is 60.7 Å². The van der Waals surface area contributed by atoms with E-state index in [0.29, 0.717) is 45.0 Å². The molecule has 7 nitrogen and oxygen atoms in total. The molecule has 0 saturated heterocycles. The second-order valence-electron chi connectivity index (χ2n) is 9.15. The molecule has 41 heavy (non-hydrogen) atoms. The standard InChI is InChI=1S/C28H25BrCl2F3N3O4/c29-22-5-2-1-4-18(22)15-27(26(39)37-35-16-28(32,33)34)24(21-11-8-19(30)14-23(21)31)41-25(36-27)17-6-9-20(10-7-17)40-13-3-12-38/h1-2,4-11,14,24,35,38H,3,12-13,15-16H2,(H,37,39)/t24-,27-/m0/s1. The summed E-state index contributed by atoms with van der Waals surface area (Å²) in [5.41, 5.74) is 3.89. The Kier molecular flexibility index (Phi) is 10.2. The smallest absolute Gasteiger partial charge is 0.402 e. The van der Waals surface area contributed by atoms with Gasteiger partial charge in [0.15, 0.2) is 11.6 Å². The summed E-state index contributed by atoms with van der Waals surface area (Å²) in [7, 11) is 0. The van der Waals surface area contributed by atoms with E-state index in [1.807, 2.05) is 5.43 Å². The zero-order valence-electron chi connectivity index (χ0n) is 21.4. The molecule has 1 aliphatic heterocycles. The number of rotatable bonds is 11. The number of amides is 1. The molecule has 0 radical (unpaired) electrons. The van der Waals surface area contributed by atoms with E-state index in [4.69, 9.17) is 42.8 Å². The first kappa shape index (κ1) is 31.1. The van der Waals surface area contributed by atoms with Gasteiger partial charge in [0.05, 0.1) is 6.61 Å². The second-order valence-corrected chi connectivity index (χ2v) is 10.8. The molecule has 2 atom stereocenters. The molecule has 3 N–H and O–H groups in total. The first-order chi connectivity index (χ1) is 19.5. The van der Waals surface area contributed by atoms with E-state index in [1.165, 1.54) is 6.07 Å². The van der Waals surface area contributed by atoms with Crippen LogP contribution in [0.3, 0.4) is 0 Å². The van der Waals surface area contributed by atoms with Gasteiger partial charge in [0.1, 0.15) is 12.3 Å². The van der Waals surface area contributed by atoms with Crippen LogP contribution in [-0.4, -0.2) is 48.4 Å². The summed E-state index contributed by atoms with van der Waals surface area (Å²) in [6.07, 6.45) is -5.29. The van der Waals surface area contributed by atoms with Crippen molar-refractivity contribution in [3.05, 3.63) is 97.9 Å².